The summed E-state index contributed by atoms with van der Waals surface area (Å²) >= 11 is 1.22. The number of carbonyl (C=O) groups is 1. The average Bonchev–Trinajstić information content (AvgIpc) is 3.12. The Kier molecular flexibility index (Phi) is 6.75. The molecule has 172 valence electrons. The zero-order valence-corrected chi connectivity index (χ0v) is 19.4. The zero-order valence-electron chi connectivity index (χ0n) is 18.6. The summed E-state index contributed by atoms with van der Waals surface area (Å²) in [6, 6.07) is 12.1. The van der Waals surface area contributed by atoms with Crippen LogP contribution in [0.5, 0.6) is 5.75 Å². The third-order valence-electron chi connectivity index (χ3n) is 5.20. The summed E-state index contributed by atoms with van der Waals surface area (Å²) in [5, 5.41) is 0. The molecule has 1 aromatic heterocycles. The van der Waals surface area contributed by atoms with Crippen molar-refractivity contribution in [2.24, 2.45) is 4.99 Å². The Morgan fingerprint density at radius 2 is 1.94 bits per heavy atom. The molecule has 6 nitrogen and oxygen atoms in total. The standard InChI is InChI=1S/C26H21FN2O4S/c1-4-14-33-20-12-6-17(7-13-20)15-21-24(30)29-23(18-8-10-19(27)11-9-18)22(25(31)32-5-2)16(3)28-26(29)34-21/h1,6-13,15,23H,5,14H2,2-3H3/b21-15-/t23-/m1/s1. The van der Waals surface area contributed by atoms with Crippen LogP contribution in [0.4, 0.5) is 4.39 Å². The Labute approximate surface area is 199 Å². The third-order valence-corrected chi connectivity index (χ3v) is 6.19. The van der Waals surface area contributed by atoms with Gasteiger partial charge in [-0.05, 0) is 55.3 Å². The number of aromatic nitrogens is 1. The summed E-state index contributed by atoms with van der Waals surface area (Å²) < 4.78 is 26.2. The second-order valence-electron chi connectivity index (χ2n) is 7.42. The molecule has 1 aliphatic rings. The largest absolute Gasteiger partial charge is 0.481 e. The summed E-state index contributed by atoms with van der Waals surface area (Å²) in [5.74, 6) is 2.06. The van der Waals surface area contributed by atoms with E-state index in [9.17, 15) is 14.0 Å². The Hall–Kier alpha value is -3.96. The number of terminal acetylenes is 1. The molecule has 2 aromatic carbocycles. The third kappa shape index (κ3) is 4.56. The summed E-state index contributed by atoms with van der Waals surface area (Å²) in [7, 11) is 0. The van der Waals surface area contributed by atoms with Crippen LogP contribution in [0, 0.1) is 18.2 Å². The molecule has 0 aliphatic carbocycles. The first kappa shape index (κ1) is 23.2. The van der Waals surface area contributed by atoms with Crippen molar-refractivity contribution in [3.63, 3.8) is 0 Å². The summed E-state index contributed by atoms with van der Waals surface area (Å²) in [6.07, 6.45) is 6.96. The highest BCUT2D eigenvalue weighted by Gasteiger charge is 2.33. The lowest BCUT2D eigenvalue weighted by Crippen LogP contribution is -2.39. The predicted molar refractivity (Wildman–Crippen MR) is 128 cm³/mol. The van der Waals surface area contributed by atoms with Gasteiger partial charge >= 0.3 is 5.97 Å². The number of rotatable bonds is 6. The fourth-order valence-electron chi connectivity index (χ4n) is 3.69. The number of carbonyl (C=O) groups excluding carboxylic acids is 1. The van der Waals surface area contributed by atoms with E-state index < -0.39 is 17.8 Å². The molecule has 4 rings (SSSR count). The molecule has 0 saturated carbocycles. The molecule has 8 heteroatoms. The van der Waals surface area contributed by atoms with Crippen LogP contribution in [-0.2, 0) is 9.53 Å². The van der Waals surface area contributed by atoms with Crippen molar-refractivity contribution in [3.05, 3.63) is 96.4 Å². The van der Waals surface area contributed by atoms with Crippen molar-refractivity contribution in [1.29, 1.82) is 0 Å². The van der Waals surface area contributed by atoms with Gasteiger partial charge in [-0.1, -0.05) is 41.5 Å². The average molecular weight is 477 g/mol. The highest BCUT2D eigenvalue weighted by atomic mass is 32.1. The maximum atomic E-state index is 13.6. The molecule has 0 spiro atoms. The first-order valence-corrected chi connectivity index (χ1v) is 11.4. The van der Waals surface area contributed by atoms with Crippen molar-refractivity contribution in [2.45, 2.75) is 19.9 Å². The first-order chi connectivity index (χ1) is 16.4. The first-order valence-electron chi connectivity index (χ1n) is 10.5. The van der Waals surface area contributed by atoms with Gasteiger partial charge in [0.2, 0.25) is 0 Å². The summed E-state index contributed by atoms with van der Waals surface area (Å²) in [4.78, 5) is 31.3. The molecule has 0 amide bonds. The molecule has 0 radical (unpaired) electrons. The van der Waals surface area contributed by atoms with E-state index in [0.29, 0.717) is 26.3 Å². The number of ether oxygens (including phenoxy) is 2. The maximum Gasteiger partial charge on any atom is 0.338 e. The molecular formula is C26H21FN2O4S. The number of fused-ring (bicyclic) bond motifs is 1. The molecule has 1 atom stereocenters. The van der Waals surface area contributed by atoms with Crippen LogP contribution >= 0.6 is 11.3 Å². The predicted octanol–water partition coefficient (Wildman–Crippen LogP) is 2.95. The van der Waals surface area contributed by atoms with Gasteiger partial charge in [0.15, 0.2) is 4.80 Å². The molecule has 0 N–H and O–H groups in total. The number of hydrogen-bond acceptors (Lipinski definition) is 6. The molecule has 3 aromatic rings. The quantitative estimate of drug-likeness (QED) is 0.405. The van der Waals surface area contributed by atoms with Crippen molar-refractivity contribution in [2.75, 3.05) is 13.2 Å². The van der Waals surface area contributed by atoms with Crippen LogP contribution in [0.15, 0.2) is 69.6 Å². The number of nitrogens with zero attached hydrogens (tertiary/aromatic N) is 2. The topological polar surface area (TPSA) is 69.9 Å². The Morgan fingerprint density at radius 3 is 2.59 bits per heavy atom. The van der Waals surface area contributed by atoms with Crippen LogP contribution in [-0.4, -0.2) is 23.8 Å². The van der Waals surface area contributed by atoms with Gasteiger partial charge in [-0.3, -0.25) is 9.36 Å². The van der Waals surface area contributed by atoms with E-state index in [1.54, 1.807) is 44.2 Å². The molecular weight excluding hydrogens is 455 g/mol. The van der Waals surface area contributed by atoms with Gasteiger partial charge in [0.05, 0.1) is 28.5 Å². The molecule has 34 heavy (non-hydrogen) atoms. The lowest BCUT2D eigenvalue weighted by Gasteiger charge is -2.24. The number of hydrogen-bond donors (Lipinski definition) is 0. The fourth-order valence-corrected chi connectivity index (χ4v) is 4.74. The van der Waals surface area contributed by atoms with Gasteiger partial charge in [0, 0.05) is 0 Å². The monoisotopic (exact) mass is 476 g/mol. The second kappa shape index (κ2) is 9.89. The van der Waals surface area contributed by atoms with E-state index in [1.807, 2.05) is 12.1 Å². The van der Waals surface area contributed by atoms with Gasteiger partial charge < -0.3 is 9.47 Å². The van der Waals surface area contributed by atoms with E-state index in [-0.39, 0.29) is 24.3 Å². The molecule has 1 aliphatic heterocycles. The fraction of sp³-hybridized carbons (Fsp3) is 0.192. The van der Waals surface area contributed by atoms with Crippen LogP contribution in [0.1, 0.15) is 31.0 Å². The van der Waals surface area contributed by atoms with E-state index in [0.717, 1.165) is 5.56 Å². The minimum atomic E-state index is -0.780. The maximum absolute atomic E-state index is 13.6. The second-order valence-corrected chi connectivity index (χ2v) is 8.42. The lowest BCUT2D eigenvalue weighted by atomic mass is 9.96. The summed E-state index contributed by atoms with van der Waals surface area (Å²) in [6.45, 7) is 3.76. The van der Waals surface area contributed by atoms with E-state index in [4.69, 9.17) is 15.9 Å². The number of halogens is 1. The van der Waals surface area contributed by atoms with Crippen molar-refractivity contribution < 1.29 is 18.7 Å². The Balaban J connectivity index is 1.84. The van der Waals surface area contributed by atoms with Gasteiger partial charge in [0.25, 0.3) is 5.56 Å². The SMILES string of the molecule is C#CCOc1ccc(/C=c2\sc3n(c2=O)[C@H](c2ccc(F)cc2)C(C(=O)OCC)=C(C)N=3)cc1. The van der Waals surface area contributed by atoms with E-state index in [2.05, 4.69) is 10.9 Å². The molecule has 0 fully saturated rings. The zero-order chi connectivity index (χ0) is 24.2. The Bertz CT molecular complexity index is 1480. The molecule has 0 unspecified atom stereocenters. The lowest BCUT2D eigenvalue weighted by molar-refractivity contribution is -0.139. The van der Waals surface area contributed by atoms with Gasteiger partial charge in [-0.25, -0.2) is 14.2 Å². The van der Waals surface area contributed by atoms with Crippen LogP contribution in [0.2, 0.25) is 0 Å². The van der Waals surface area contributed by atoms with E-state index in [1.165, 1.54) is 28.0 Å². The van der Waals surface area contributed by atoms with Gasteiger partial charge in [0.1, 0.15) is 18.2 Å². The van der Waals surface area contributed by atoms with E-state index >= 15 is 0 Å². The van der Waals surface area contributed by atoms with Crippen LogP contribution in [0.25, 0.3) is 6.08 Å². The van der Waals surface area contributed by atoms with Crippen LogP contribution in [0.3, 0.4) is 0 Å². The highest BCUT2D eigenvalue weighted by Crippen LogP contribution is 2.30. The van der Waals surface area contributed by atoms with Crippen molar-refractivity contribution >= 4 is 23.4 Å². The number of thiazole rings is 1. The normalized spacial score (nSPS) is 15.4. The number of esters is 1. The minimum Gasteiger partial charge on any atom is -0.481 e. The van der Waals surface area contributed by atoms with Gasteiger partial charge in [-0.2, -0.15) is 0 Å². The Morgan fingerprint density at radius 1 is 1.24 bits per heavy atom. The van der Waals surface area contributed by atoms with Crippen LogP contribution < -0.4 is 19.6 Å². The minimum absolute atomic E-state index is 0.170. The molecule has 2 heterocycles. The van der Waals surface area contributed by atoms with Crippen molar-refractivity contribution in [3.8, 4) is 18.1 Å². The highest BCUT2D eigenvalue weighted by molar-refractivity contribution is 7.07. The number of benzene rings is 2. The smallest absolute Gasteiger partial charge is 0.338 e. The molecule has 0 saturated heterocycles. The number of allylic oxidation sites excluding steroid dienone is 1. The molecule has 0 bridgehead atoms. The van der Waals surface area contributed by atoms with Crippen molar-refractivity contribution in [1.82, 2.24) is 4.57 Å². The van der Waals surface area contributed by atoms with Gasteiger partial charge in [-0.15, -0.1) is 6.42 Å². The summed E-state index contributed by atoms with van der Waals surface area (Å²) in [5.41, 5.74) is 1.78.